The van der Waals surface area contributed by atoms with Crippen molar-refractivity contribution in [1.82, 2.24) is 4.98 Å². The molecule has 1 aromatic carbocycles. The van der Waals surface area contributed by atoms with Crippen molar-refractivity contribution in [2.45, 2.75) is 6.54 Å². The molecule has 0 aliphatic carbocycles. The number of hydrogen-bond donors (Lipinski definition) is 1. The lowest BCUT2D eigenvalue weighted by molar-refractivity contribution is 0.396. The van der Waals surface area contributed by atoms with E-state index < -0.39 is 0 Å². The Morgan fingerprint density at radius 1 is 1.24 bits per heavy atom. The highest BCUT2D eigenvalue weighted by Gasteiger charge is 1.98. The van der Waals surface area contributed by atoms with Gasteiger partial charge in [0.05, 0.1) is 19.3 Å². The molecule has 0 saturated carbocycles. The summed E-state index contributed by atoms with van der Waals surface area (Å²) < 4.78 is 18.0. The summed E-state index contributed by atoms with van der Waals surface area (Å²) in [4.78, 5) is 4.25. The SMILES string of the molecule is COc1cccc(CNc2cccc(F)c2)n1. The summed E-state index contributed by atoms with van der Waals surface area (Å²) in [5.74, 6) is 0.317. The van der Waals surface area contributed by atoms with Gasteiger partial charge in [0.25, 0.3) is 0 Å². The average molecular weight is 232 g/mol. The van der Waals surface area contributed by atoms with Gasteiger partial charge in [-0.3, -0.25) is 0 Å². The van der Waals surface area contributed by atoms with Crippen molar-refractivity contribution < 1.29 is 9.13 Å². The fraction of sp³-hybridized carbons (Fsp3) is 0.154. The zero-order valence-electron chi connectivity index (χ0n) is 9.48. The van der Waals surface area contributed by atoms with Crippen LogP contribution in [0.1, 0.15) is 5.69 Å². The smallest absolute Gasteiger partial charge is 0.213 e. The molecule has 0 aliphatic rings. The molecule has 2 rings (SSSR count). The summed E-state index contributed by atoms with van der Waals surface area (Å²) in [6.45, 7) is 0.528. The zero-order valence-corrected chi connectivity index (χ0v) is 9.48. The Hall–Kier alpha value is -2.10. The summed E-state index contributed by atoms with van der Waals surface area (Å²) in [5.41, 5.74) is 1.57. The largest absolute Gasteiger partial charge is 0.481 e. The number of methoxy groups -OCH3 is 1. The van der Waals surface area contributed by atoms with Crippen molar-refractivity contribution in [1.29, 1.82) is 0 Å². The molecule has 17 heavy (non-hydrogen) atoms. The molecule has 1 heterocycles. The Balaban J connectivity index is 2.02. The summed E-state index contributed by atoms with van der Waals surface area (Å²) in [6.07, 6.45) is 0. The molecule has 88 valence electrons. The Labute approximate surface area is 99.3 Å². The molecule has 0 atom stereocenters. The van der Waals surface area contributed by atoms with E-state index in [1.807, 2.05) is 18.2 Å². The Morgan fingerprint density at radius 3 is 2.82 bits per heavy atom. The van der Waals surface area contributed by atoms with E-state index >= 15 is 0 Å². The lowest BCUT2D eigenvalue weighted by Gasteiger charge is -2.07. The number of aromatic nitrogens is 1. The molecule has 0 aliphatic heterocycles. The summed E-state index contributed by atoms with van der Waals surface area (Å²) in [5, 5.41) is 3.10. The molecule has 0 radical (unpaired) electrons. The Morgan fingerprint density at radius 2 is 2.06 bits per heavy atom. The summed E-state index contributed by atoms with van der Waals surface area (Å²) >= 11 is 0. The number of nitrogens with one attached hydrogen (secondary N) is 1. The van der Waals surface area contributed by atoms with Crippen LogP contribution in [0.4, 0.5) is 10.1 Å². The number of anilines is 1. The molecule has 0 amide bonds. The maximum atomic E-state index is 12.9. The van der Waals surface area contributed by atoms with Crippen LogP contribution in [-0.4, -0.2) is 12.1 Å². The topological polar surface area (TPSA) is 34.1 Å². The fourth-order valence-electron chi connectivity index (χ4n) is 1.46. The van der Waals surface area contributed by atoms with Gasteiger partial charge in [0.2, 0.25) is 5.88 Å². The molecule has 0 bridgehead atoms. The van der Waals surface area contributed by atoms with Gasteiger partial charge in [-0.15, -0.1) is 0 Å². The van der Waals surface area contributed by atoms with E-state index in [1.165, 1.54) is 12.1 Å². The minimum absolute atomic E-state index is 0.256. The van der Waals surface area contributed by atoms with E-state index in [9.17, 15) is 4.39 Å². The minimum atomic E-state index is -0.256. The van der Waals surface area contributed by atoms with Crippen molar-refractivity contribution in [2.24, 2.45) is 0 Å². The average Bonchev–Trinajstić information content (AvgIpc) is 2.37. The van der Waals surface area contributed by atoms with Crippen LogP contribution in [0.15, 0.2) is 42.5 Å². The maximum Gasteiger partial charge on any atom is 0.213 e. The van der Waals surface area contributed by atoms with Gasteiger partial charge >= 0.3 is 0 Å². The van der Waals surface area contributed by atoms with Crippen molar-refractivity contribution >= 4 is 5.69 Å². The number of pyridine rings is 1. The van der Waals surface area contributed by atoms with Crippen LogP contribution in [0, 0.1) is 5.82 Å². The first kappa shape index (κ1) is 11.4. The highest BCUT2D eigenvalue weighted by molar-refractivity contribution is 5.43. The second-order valence-corrected chi connectivity index (χ2v) is 3.54. The predicted molar refractivity (Wildman–Crippen MR) is 64.5 cm³/mol. The molecule has 1 aromatic heterocycles. The van der Waals surface area contributed by atoms with E-state index in [0.29, 0.717) is 12.4 Å². The van der Waals surface area contributed by atoms with Crippen LogP contribution in [0.25, 0.3) is 0 Å². The molecule has 4 heteroatoms. The highest BCUT2D eigenvalue weighted by Crippen LogP contribution is 2.12. The second-order valence-electron chi connectivity index (χ2n) is 3.54. The van der Waals surface area contributed by atoms with E-state index in [-0.39, 0.29) is 5.82 Å². The first-order valence-corrected chi connectivity index (χ1v) is 5.27. The monoisotopic (exact) mass is 232 g/mol. The number of hydrogen-bond acceptors (Lipinski definition) is 3. The van der Waals surface area contributed by atoms with Gasteiger partial charge in [-0.2, -0.15) is 0 Å². The number of halogens is 1. The maximum absolute atomic E-state index is 12.9. The fourth-order valence-corrected chi connectivity index (χ4v) is 1.46. The predicted octanol–water partition coefficient (Wildman–Crippen LogP) is 2.84. The van der Waals surface area contributed by atoms with Gasteiger partial charge in [-0.1, -0.05) is 12.1 Å². The van der Waals surface area contributed by atoms with E-state index in [1.54, 1.807) is 19.2 Å². The number of rotatable bonds is 4. The number of nitrogens with zero attached hydrogens (tertiary/aromatic N) is 1. The van der Waals surface area contributed by atoms with Crippen LogP contribution in [-0.2, 0) is 6.54 Å². The third-order valence-electron chi connectivity index (χ3n) is 2.29. The Bertz CT molecular complexity index is 502. The Kier molecular flexibility index (Phi) is 3.55. The van der Waals surface area contributed by atoms with Crippen molar-refractivity contribution in [3.8, 4) is 5.88 Å². The van der Waals surface area contributed by atoms with E-state index in [2.05, 4.69) is 10.3 Å². The van der Waals surface area contributed by atoms with Gasteiger partial charge in [-0.05, 0) is 24.3 Å². The summed E-state index contributed by atoms with van der Waals surface area (Å²) in [6, 6.07) is 11.9. The highest BCUT2D eigenvalue weighted by atomic mass is 19.1. The third kappa shape index (κ3) is 3.17. The van der Waals surface area contributed by atoms with Crippen LogP contribution in [0.5, 0.6) is 5.88 Å². The van der Waals surface area contributed by atoms with Crippen LogP contribution < -0.4 is 10.1 Å². The van der Waals surface area contributed by atoms with Crippen LogP contribution in [0.3, 0.4) is 0 Å². The molecule has 0 unspecified atom stereocenters. The van der Waals surface area contributed by atoms with Crippen LogP contribution in [0.2, 0.25) is 0 Å². The lowest BCUT2D eigenvalue weighted by Crippen LogP contribution is -2.02. The van der Waals surface area contributed by atoms with Gasteiger partial charge in [0, 0.05) is 11.8 Å². The number of benzene rings is 1. The summed E-state index contributed by atoms with van der Waals surface area (Å²) in [7, 11) is 1.58. The molecule has 1 N–H and O–H groups in total. The normalized spacial score (nSPS) is 10.0. The zero-order chi connectivity index (χ0) is 12.1. The molecule has 0 fully saturated rings. The van der Waals surface area contributed by atoms with Crippen LogP contribution >= 0.6 is 0 Å². The standard InChI is InChI=1S/C13H13FN2O/c1-17-13-7-3-6-12(16-13)9-15-11-5-2-4-10(14)8-11/h2-8,15H,9H2,1H3. The molecule has 3 nitrogen and oxygen atoms in total. The van der Waals surface area contributed by atoms with Gasteiger partial charge in [0.1, 0.15) is 5.82 Å². The van der Waals surface area contributed by atoms with Gasteiger partial charge < -0.3 is 10.1 Å². The molecular weight excluding hydrogens is 219 g/mol. The first-order chi connectivity index (χ1) is 8.28. The third-order valence-corrected chi connectivity index (χ3v) is 2.29. The quantitative estimate of drug-likeness (QED) is 0.880. The minimum Gasteiger partial charge on any atom is -0.481 e. The molecule has 2 aromatic rings. The van der Waals surface area contributed by atoms with Crippen molar-refractivity contribution in [2.75, 3.05) is 12.4 Å². The first-order valence-electron chi connectivity index (χ1n) is 5.27. The van der Waals surface area contributed by atoms with Crippen molar-refractivity contribution in [3.05, 3.63) is 54.0 Å². The lowest BCUT2D eigenvalue weighted by atomic mass is 10.3. The number of ether oxygens (including phenoxy) is 1. The van der Waals surface area contributed by atoms with Crippen molar-refractivity contribution in [3.63, 3.8) is 0 Å². The second kappa shape index (κ2) is 5.30. The van der Waals surface area contributed by atoms with Gasteiger partial charge in [0.15, 0.2) is 0 Å². The molecule has 0 spiro atoms. The van der Waals surface area contributed by atoms with Gasteiger partial charge in [-0.25, -0.2) is 9.37 Å². The van der Waals surface area contributed by atoms with E-state index in [4.69, 9.17) is 4.74 Å². The van der Waals surface area contributed by atoms with E-state index in [0.717, 1.165) is 11.4 Å². The molecule has 0 saturated heterocycles. The molecular formula is C13H13FN2O.